The van der Waals surface area contributed by atoms with E-state index in [-0.39, 0.29) is 5.91 Å². The van der Waals surface area contributed by atoms with Crippen molar-refractivity contribution in [3.8, 4) is 5.75 Å². The number of rotatable bonds is 4. The number of carbonyl (C=O) groups is 1. The standard InChI is InChI=1S/C17H26N2O2/c1-4-7-21-16-6-5-14(9-15(16)18)17(20)19-10-12(2)8-13(3)11-19/h5-6,9,12-13H,4,7-8,10-11,18H2,1-3H3. The van der Waals surface area contributed by atoms with Crippen molar-refractivity contribution in [2.45, 2.75) is 33.6 Å². The van der Waals surface area contributed by atoms with Crippen LogP contribution in [-0.4, -0.2) is 30.5 Å². The summed E-state index contributed by atoms with van der Waals surface area (Å²) in [5, 5.41) is 0. The van der Waals surface area contributed by atoms with Gasteiger partial charge in [-0.3, -0.25) is 4.79 Å². The Morgan fingerprint density at radius 2 is 2.00 bits per heavy atom. The Morgan fingerprint density at radius 3 is 2.57 bits per heavy atom. The molecular formula is C17H26N2O2. The maximum atomic E-state index is 12.6. The van der Waals surface area contributed by atoms with Crippen LogP contribution in [0.15, 0.2) is 18.2 Å². The predicted molar refractivity (Wildman–Crippen MR) is 85.5 cm³/mol. The average Bonchev–Trinajstić information content (AvgIpc) is 2.44. The lowest BCUT2D eigenvalue weighted by Crippen LogP contribution is -2.42. The van der Waals surface area contributed by atoms with Gasteiger partial charge in [0.2, 0.25) is 0 Å². The molecule has 4 nitrogen and oxygen atoms in total. The molecule has 0 aromatic heterocycles. The summed E-state index contributed by atoms with van der Waals surface area (Å²) in [5.74, 6) is 1.85. The number of nitrogens with two attached hydrogens (primary N) is 1. The topological polar surface area (TPSA) is 55.6 Å². The Morgan fingerprint density at radius 1 is 1.33 bits per heavy atom. The Kier molecular flexibility index (Phi) is 5.10. The minimum Gasteiger partial charge on any atom is -0.491 e. The minimum atomic E-state index is 0.0714. The van der Waals surface area contributed by atoms with Gasteiger partial charge in [-0.05, 0) is 42.9 Å². The SMILES string of the molecule is CCCOc1ccc(C(=O)N2CC(C)CC(C)C2)cc1N. The van der Waals surface area contributed by atoms with Crippen LogP contribution in [0.3, 0.4) is 0 Å². The number of hydrogen-bond acceptors (Lipinski definition) is 3. The van der Waals surface area contributed by atoms with E-state index in [1.807, 2.05) is 17.9 Å². The number of amides is 1. The van der Waals surface area contributed by atoms with Crippen LogP contribution in [0.5, 0.6) is 5.75 Å². The lowest BCUT2D eigenvalue weighted by Gasteiger charge is -2.35. The molecule has 4 heteroatoms. The number of ether oxygens (including phenoxy) is 1. The molecule has 0 aliphatic carbocycles. The van der Waals surface area contributed by atoms with Crippen LogP contribution in [0, 0.1) is 11.8 Å². The summed E-state index contributed by atoms with van der Waals surface area (Å²) in [4.78, 5) is 14.5. The second-order valence-electron chi connectivity index (χ2n) is 6.26. The number of likely N-dealkylation sites (tertiary alicyclic amines) is 1. The van der Waals surface area contributed by atoms with Crippen molar-refractivity contribution in [3.05, 3.63) is 23.8 Å². The van der Waals surface area contributed by atoms with Crippen molar-refractivity contribution in [3.63, 3.8) is 0 Å². The third-order valence-electron chi connectivity index (χ3n) is 3.87. The summed E-state index contributed by atoms with van der Waals surface area (Å²) in [6.07, 6.45) is 2.12. The Balaban J connectivity index is 2.10. The average molecular weight is 290 g/mol. The zero-order valence-electron chi connectivity index (χ0n) is 13.3. The normalized spacial score (nSPS) is 22.1. The van der Waals surface area contributed by atoms with Gasteiger partial charge < -0.3 is 15.4 Å². The largest absolute Gasteiger partial charge is 0.491 e. The van der Waals surface area contributed by atoms with E-state index in [9.17, 15) is 4.79 Å². The molecule has 21 heavy (non-hydrogen) atoms. The molecule has 2 atom stereocenters. The van der Waals surface area contributed by atoms with Gasteiger partial charge in [0, 0.05) is 18.7 Å². The highest BCUT2D eigenvalue weighted by atomic mass is 16.5. The quantitative estimate of drug-likeness (QED) is 0.867. The van der Waals surface area contributed by atoms with Crippen LogP contribution in [0.1, 0.15) is 44.0 Å². The van der Waals surface area contributed by atoms with Crippen molar-refractivity contribution in [2.75, 3.05) is 25.4 Å². The van der Waals surface area contributed by atoms with Crippen molar-refractivity contribution < 1.29 is 9.53 Å². The zero-order valence-corrected chi connectivity index (χ0v) is 13.3. The Hall–Kier alpha value is -1.71. The fourth-order valence-electron chi connectivity index (χ4n) is 3.04. The highest BCUT2D eigenvalue weighted by Crippen LogP contribution is 2.26. The van der Waals surface area contributed by atoms with Gasteiger partial charge in [0.15, 0.2) is 0 Å². The monoisotopic (exact) mass is 290 g/mol. The number of hydrogen-bond donors (Lipinski definition) is 1. The summed E-state index contributed by atoms with van der Waals surface area (Å²) < 4.78 is 5.55. The zero-order chi connectivity index (χ0) is 15.4. The van der Waals surface area contributed by atoms with Crippen LogP contribution in [0.4, 0.5) is 5.69 Å². The number of carbonyl (C=O) groups excluding carboxylic acids is 1. The molecular weight excluding hydrogens is 264 g/mol. The summed E-state index contributed by atoms with van der Waals surface area (Å²) >= 11 is 0. The van der Waals surface area contributed by atoms with Gasteiger partial charge in [0.05, 0.1) is 12.3 Å². The molecule has 0 bridgehead atoms. The van der Waals surface area contributed by atoms with Gasteiger partial charge >= 0.3 is 0 Å². The maximum Gasteiger partial charge on any atom is 0.253 e. The van der Waals surface area contributed by atoms with Gasteiger partial charge in [-0.15, -0.1) is 0 Å². The van der Waals surface area contributed by atoms with E-state index in [1.165, 1.54) is 6.42 Å². The first-order valence-corrected chi connectivity index (χ1v) is 7.82. The summed E-state index contributed by atoms with van der Waals surface area (Å²) in [7, 11) is 0. The molecule has 1 amide bonds. The van der Waals surface area contributed by atoms with Gasteiger partial charge in [-0.25, -0.2) is 0 Å². The molecule has 1 aromatic carbocycles. The van der Waals surface area contributed by atoms with Crippen molar-refractivity contribution in [1.82, 2.24) is 4.90 Å². The van der Waals surface area contributed by atoms with Gasteiger partial charge in [0.25, 0.3) is 5.91 Å². The van der Waals surface area contributed by atoms with Crippen molar-refractivity contribution in [1.29, 1.82) is 0 Å². The van der Waals surface area contributed by atoms with Crippen molar-refractivity contribution in [2.24, 2.45) is 11.8 Å². The summed E-state index contributed by atoms with van der Waals surface area (Å²) in [6.45, 7) is 8.75. The van der Waals surface area contributed by atoms with E-state index < -0.39 is 0 Å². The first kappa shape index (κ1) is 15.7. The molecule has 2 unspecified atom stereocenters. The van der Waals surface area contributed by atoms with E-state index in [0.717, 1.165) is 19.5 Å². The van der Waals surface area contributed by atoms with Gasteiger partial charge in [-0.1, -0.05) is 20.8 Å². The Labute approximate surface area is 127 Å². The molecule has 0 spiro atoms. The second-order valence-corrected chi connectivity index (χ2v) is 6.26. The molecule has 1 aliphatic rings. The first-order valence-electron chi connectivity index (χ1n) is 7.82. The molecule has 1 fully saturated rings. The highest BCUT2D eigenvalue weighted by molar-refractivity contribution is 5.95. The first-order chi connectivity index (χ1) is 10.0. The molecule has 2 rings (SSSR count). The van der Waals surface area contributed by atoms with Crippen LogP contribution in [-0.2, 0) is 0 Å². The fraction of sp³-hybridized carbons (Fsp3) is 0.588. The summed E-state index contributed by atoms with van der Waals surface area (Å²) in [6, 6.07) is 5.35. The van der Waals surface area contributed by atoms with E-state index in [4.69, 9.17) is 10.5 Å². The summed E-state index contributed by atoms with van der Waals surface area (Å²) in [5.41, 5.74) is 7.17. The van der Waals surface area contributed by atoms with Crippen LogP contribution in [0.2, 0.25) is 0 Å². The Bertz CT molecular complexity index is 492. The third kappa shape index (κ3) is 3.90. The number of piperidine rings is 1. The lowest BCUT2D eigenvalue weighted by molar-refractivity contribution is 0.0623. The van der Waals surface area contributed by atoms with Crippen LogP contribution in [0.25, 0.3) is 0 Å². The number of nitrogen functional groups attached to an aromatic ring is 1. The third-order valence-corrected chi connectivity index (χ3v) is 3.87. The molecule has 1 aliphatic heterocycles. The van der Waals surface area contributed by atoms with Gasteiger partial charge in [0.1, 0.15) is 5.75 Å². The molecule has 0 saturated carbocycles. The molecule has 1 aromatic rings. The minimum absolute atomic E-state index is 0.0714. The van der Waals surface area contributed by atoms with Crippen molar-refractivity contribution >= 4 is 11.6 Å². The van der Waals surface area contributed by atoms with Crippen LogP contribution < -0.4 is 10.5 Å². The predicted octanol–water partition coefficient (Wildman–Crippen LogP) is 3.18. The van der Waals surface area contributed by atoms with E-state index in [1.54, 1.807) is 12.1 Å². The van der Waals surface area contributed by atoms with E-state index >= 15 is 0 Å². The fourth-order valence-corrected chi connectivity index (χ4v) is 3.04. The molecule has 0 radical (unpaired) electrons. The smallest absolute Gasteiger partial charge is 0.253 e. The lowest BCUT2D eigenvalue weighted by atomic mass is 9.91. The van der Waals surface area contributed by atoms with E-state index in [2.05, 4.69) is 13.8 Å². The number of anilines is 1. The van der Waals surface area contributed by atoms with E-state index in [0.29, 0.717) is 35.4 Å². The highest BCUT2D eigenvalue weighted by Gasteiger charge is 2.26. The molecule has 1 heterocycles. The number of nitrogens with zero attached hydrogens (tertiary/aromatic N) is 1. The molecule has 1 saturated heterocycles. The molecule has 2 N–H and O–H groups in total. The molecule has 116 valence electrons. The second kappa shape index (κ2) is 6.83. The van der Waals surface area contributed by atoms with Gasteiger partial charge in [-0.2, -0.15) is 0 Å². The maximum absolute atomic E-state index is 12.6. The van der Waals surface area contributed by atoms with Crippen LogP contribution >= 0.6 is 0 Å². The number of benzene rings is 1.